The van der Waals surface area contributed by atoms with E-state index in [0.29, 0.717) is 25.2 Å². The Balaban J connectivity index is 1.75. The van der Waals surface area contributed by atoms with Gasteiger partial charge >= 0.3 is 0 Å². The van der Waals surface area contributed by atoms with Gasteiger partial charge < -0.3 is 0 Å². The molecule has 0 aliphatic rings. The standard InChI is InChI=1S/C21H25N3O2S/c1-3-24-17(2)21(16-22-24)27(25,26)23-15-14-20(18-10-6-4-7-11-18)19-12-8-5-9-13-19/h4-13,16,20,23H,3,14-15H2,1-2H3. The zero-order valence-corrected chi connectivity index (χ0v) is 16.5. The highest BCUT2D eigenvalue weighted by Crippen LogP contribution is 2.27. The monoisotopic (exact) mass is 383 g/mol. The summed E-state index contributed by atoms with van der Waals surface area (Å²) in [5.41, 5.74) is 3.02. The van der Waals surface area contributed by atoms with Crippen molar-refractivity contribution in [3.63, 3.8) is 0 Å². The van der Waals surface area contributed by atoms with Crippen LogP contribution < -0.4 is 4.72 Å². The third-order valence-electron chi connectivity index (χ3n) is 4.78. The Morgan fingerprint density at radius 2 is 1.56 bits per heavy atom. The van der Waals surface area contributed by atoms with E-state index in [2.05, 4.69) is 34.1 Å². The van der Waals surface area contributed by atoms with E-state index in [0.717, 1.165) is 0 Å². The van der Waals surface area contributed by atoms with Gasteiger partial charge in [-0.2, -0.15) is 5.10 Å². The minimum atomic E-state index is -3.57. The molecular formula is C21H25N3O2S. The van der Waals surface area contributed by atoms with Crippen molar-refractivity contribution in [3.8, 4) is 0 Å². The normalized spacial score (nSPS) is 11.8. The Labute approximate surface area is 161 Å². The van der Waals surface area contributed by atoms with Gasteiger partial charge in [0.1, 0.15) is 4.90 Å². The van der Waals surface area contributed by atoms with Crippen molar-refractivity contribution in [2.45, 2.75) is 37.6 Å². The summed E-state index contributed by atoms with van der Waals surface area (Å²) >= 11 is 0. The molecule has 0 unspecified atom stereocenters. The van der Waals surface area contributed by atoms with Gasteiger partial charge in [0.05, 0.1) is 11.9 Å². The first-order chi connectivity index (χ1) is 13.0. The first-order valence-corrected chi connectivity index (χ1v) is 10.6. The molecule has 1 N–H and O–H groups in total. The third-order valence-corrected chi connectivity index (χ3v) is 6.34. The first-order valence-electron chi connectivity index (χ1n) is 9.15. The SMILES string of the molecule is CCn1ncc(S(=O)(=O)NCCC(c2ccccc2)c2ccccc2)c1C. The fourth-order valence-corrected chi connectivity index (χ4v) is 4.55. The molecule has 0 saturated carbocycles. The largest absolute Gasteiger partial charge is 0.269 e. The molecule has 27 heavy (non-hydrogen) atoms. The molecule has 3 aromatic rings. The number of rotatable bonds is 8. The van der Waals surface area contributed by atoms with Crippen LogP contribution in [0.25, 0.3) is 0 Å². The highest BCUT2D eigenvalue weighted by Gasteiger charge is 2.21. The van der Waals surface area contributed by atoms with E-state index in [4.69, 9.17) is 0 Å². The van der Waals surface area contributed by atoms with Gasteiger partial charge in [-0.15, -0.1) is 0 Å². The Hall–Kier alpha value is -2.44. The lowest BCUT2D eigenvalue weighted by atomic mass is 9.89. The van der Waals surface area contributed by atoms with Crippen LogP contribution in [0.4, 0.5) is 0 Å². The number of benzene rings is 2. The van der Waals surface area contributed by atoms with E-state index in [-0.39, 0.29) is 10.8 Å². The van der Waals surface area contributed by atoms with Crippen LogP contribution in [-0.4, -0.2) is 24.7 Å². The fourth-order valence-electron chi connectivity index (χ4n) is 3.32. The van der Waals surface area contributed by atoms with Gasteiger partial charge in [-0.05, 0) is 31.4 Å². The molecule has 0 aliphatic heterocycles. The second-order valence-corrected chi connectivity index (χ2v) is 8.21. The Kier molecular flexibility index (Phi) is 6.08. The van der Waals surface area contributed by atoms with Crippen molar-refractivity contribution >= 4 is 10.0 Å². The number of hydrogen-bond acceptors (Lipinski definition) is 3. The number of aryl methyl sites for hydroxylation is 1. The number of sulfonamides is 1. The van der Waals surface area contributed by atoms with Gasteiger partial charge in [0.15, 0.2) is 0 Å². The number of nitrogens with one attached hydrogen (secondary N) is 1. The zero-order chi connectivity index (χ0) is 19.3. The summed E-state index contributed by atoms with van der Waals surface area (Å²) in [5.74, 6) is 0.134. The minimum absolute atomic E-state index is 0.134. The molecule has 0 bridgehead atoms. The van der Waals surface area contributed by atoms with Gasteiger partial charge in [0.25, 0.3) is 0 Å². The van der Waals surface area contributed by atoms with Gasteiger partial charge in [-0.1, -0.05) is 60.7 Å². The maximum Gasteiger partial charge on any atom is 0.243 e. The van der Waals surface area contributed by atoms with Crippen molar-refractivity contribution in [1.29, 1.82) is 0 Å². The van der Waals surface area contributed by atoms with Crippen LogP contribution in [0.2, 0.25) is 0 Å². The Bertz CT molecular complexity index is 928. The quantitative estimate of drug-likeness (QED) is 0.645. The van der Waals surface area contributed by atoms with Crippen LogP contribution in [0, 0.1) is 6.92 Å². The molecule has 0 spiro atoms. The maximum atomic E-state index is 12.7. The van der Waals surface area contributed by atoms with Crippen LogP contribution in [0.1, 0.15) is 36.1 Å². The molecule has 0 amide bonds. The molecule has 0 saturated heterocycles. The van der Waals surface area contributed by atoms with Crippen LogP contribution in [0.5, 0.6) is 0 Å². The Morgan fingerprint density at radius 3 is 2.04 bits per heavy atom. The van der Waals surface area contributed by atoms with E-state index in [1.807, 2.05) is 43.3 Å². The molecule has 0 atom stereocenters. The smallest absolute Gasteiger partial charge is 0.243 e. The summed E-state index contributed by atoms with van der Waals surface area (Å²) in [5, 5.41) is 4.14. The molecule has 3 rings (SSSR count). The highest BCUT2D eigenvalue weighted by molar-refractivity contribution is 7.89. The topological polar surface area (TPSA) is 64.0 Å². The third kappa shape index (κ3) is 4.46. The van der Waals surface area contributed by atoms with Crippen molar-refractivity contribution in [2.24, 2.45) is 0 Å². The van der Waals surface area contributed by atoms with Crippen molar-refractivity contribution in [3.05, 3.63) is 83.7 Å². The van der Waals surface area contributed by atoms with Crippen LogP contribution in [-0.2, 0) is 16.6 Å². The van der Waals surface area contributed by atoms with Crippen LogP contribution in [0.15, 0.2) is 71.8 Å². The van der Waals surface area contributed by atoms with Gasteiger partial charge in [0.2, 0.25) is 10.0 Å². The van der Waals surface area contributed by atoms with Gasteiger partial charge in [-0.25, -0.2) is 13.1 Å². The lowest BCUT2D eigenvalue weighted by Gasteiger charge is -2.18. The maximum absolute atomic E-state index is 12.7. The summed E-state index contributed by atoms with van der Waals surface area (Å²) in [6.07, 6.45) is 2.10. The van der Waals surface area contributed by atoms with E-state index < -0.39 is 10.0 Å². The average molecular weight is 384 g/mol. The summed E-state index contributed by atoms with van der Waals surface area (Å²) in [7, 11) is -3.57. The Morgan fingerprint density at radius 1 is 1.00 bits per heavy atom. The molecular weight excluding hydrogens is 358 g/mol. The summed E-state index contributed by atoms with van der Waals surface area (Å²) < 4.78 is 29.8. The molecule has 5 nitrogen and oxygen atoms in total. The molecule has 142 valence electrons. The van der Waals surface area contributed by atoms with Gasteiger partial charge in [-0.3, -0.25) is 4.68 Å². The van der Waals surface area contributed by atoms with Crippen LogP contribution in [0.3, 0.4) is 0 Å². The average Bonchev–Trinajstić information content (AvgIpc) is 3.08. The summed E-state index contributed by atoms with van der Waals surface area (Å²) in [6, 6.07) is 20.4. The number of nitrogens with zero attached hydrogens (tertiary/aromatic N) is 2. The predicted molar refractivity (Wildman–Crippen MR) is 107 cm³/mol. The molecule has 2 aromatic carbocycles. The van der Waals surface area contributed by atoms with E-state index >= 15 is 0 Å². The number of aromatic nitrogens is 2. The molecule has 0 fully saturated rings. The van der Waals surface area contributed by atoms with E-state index in [1.54, 1.807) is 11.6 Å². The summed E-state index contributed by atoms with van der Waals surface area (Å²) in [6.45, 7) is 4.72. The lowest BCUT2D eigenvalue weighted by molar-refractivity contribution is 0.573. The molecule has 0 radical (unpaired) electrons. The van der Waals surface area contributed by atoms with E-state index in [1.165, 1.54) is 17.3 Å². The highest BCUT2D eigenvalue weighted by atomic mass is 32.2. The minimum Gasteiger partial charge on any atom is -0.269 e. The second kappa shape index (κ2) is 8.50. The molecule has 1 aromatic heterocycles. The second-order valence-electron chi connectivity index (χ2n) is 6.47. The first kappa shape index (κ1) is 19.3. The molecule has 0 aliphatic carbocycles. The van der Waals surface area contributed by atoms with Crippen molar-refractivity contribution < 1.29 is 8.42 Å². The lowest BCUT2D eigenvalue weighted by Crippen LogP contribution is -2.26. The zero-order valence-electron chi connectivity index (χ0n) is 15.7. The molecule has 6 heteroatoms. The van der Waals surface area contributed by atoms with Crippen molar-refractivity contribution in [1.82, 2.24) is 14.5 Å². The predicted octanol–water partition coefficient (Wildman–Crippen LogP) is 3.71. The van der Waals surface area contributed by atoms with Gasteiger partial charge in [0, 0.05) is 19.0 Å². The summed E-state index contributed by atoms with van der Waals surface area (Å²) in [4.78, 5) is 0.250. The number of hydrogen-bond donors (Lipinski definition) is 1. The van der Waals surface area contributed by atoms with E-state index in [9.17, 15) is 8.42 Å². The van der Waals surface area contributed by atoms with Crippen molar-refractivity contribution in [2.75, 3.05) is 6.54 Å². The fraction of sp³-hybridized carbons (Fsp3) is 0.286. The van der Waals surface area contributed by atoms with Crippen LogP contribution >= 0.6 is 0 Å². The molecule has 1 heterocycles.